The average Bonchev–Trinajstić information content (AvgIpc) is 3.58. The molecule has 10 aromatic rings. The van der Waals surface area contributed by atoms with E-state index in [0.717, 1.165) is 27.5 Å². The summed E-state index contributed by atoms with van der Waals surface area (Å²) in [5.41, 5.74) is 11.3. The molecule has 0 N–H and O–H groups in total. The van der Waals surface area contributed by atoms with Crippen LogP contribution >= 0.6 is 0 Å². The van der Waals surface area contributed by atoms with Gasteiger partial charge >= 0.3 is 11.9 Å². The Labute approximate surface area is 366 Å². The fraction of sp³-hybridized carbons (Fsp3) is 0.119. The lowest BCUT2D eigenvalue weighted by atomic mass is 9.73. The van der Waals surface area contributed by atoms with Crippen molar-refractivity contribution in [1.82, 2.24) is 0 Å². The molecule has 0 aromatic heterocycles. The SMILES string of the molecule is C=CC(=O)OCCCC1(C=C)c2cc(-c3ccc4ccc5cc(C)cc6ccc3c4c56)ccc2-c2ccc(-c3ccc4ccc5cc(CCOC(=O)C=C)cc6ccc3c4c56)cc21. The summed E-state index contributed by atoms with van der Waals surface area (Å²) < 4.78 is 10.8. The molecule has 0 fully saturated rings. The van der Waals surface area contributed by atoms with E-state index in [9.17, 15) is 9.59 Å². The maximum Gasteiger partial charge on any atom is 0.330 e. The first-order valence-electron chi connectivity index (χ1n) is 21.7. The molecule has 0 spiro atoms. The van der Waals surface area contributed by atoms with E-state index >= 15 is 0 Å². The number of rotatable bonds is 12. The average molecular weight is 817 g/mol. The Hall–Kier alpha value is -7.56. The van der Waals surface area contributed by atoms with Gasteiger partial charge in [-0.2, -0.15) is 0 Å². The first-order chi connectivity index (χ1) is 30.8. The summed E-state index contributed by atoms with van der Waals surface area (Å²) >= 11 is 0. The number of hydrogen-bond acceptors (Lipinski definition) is 4. The molecule has 0 saturated heterocycles. The minimum atomic E-state index is -0.543. The predicted octanol–water partition coefficient (Wildman–Crippen LogP) is 14.4. The van der Waals surface area contributed by atoms with E-state index < -0.39 is 17.4 Å². The largest absolute Gasteiger partial charge is 0.463 e. The molecule has 10 aromatic carbocycles. The van der Waals surface area contributed by atoms with Crippen molar-refractivity contribution >= 4 is 76.6 Å². The van der Waals surface area contributed by atoms with Crippen molar-refractivity contribution in [3.05, 3.63) is 194 Å². The molecule has 0 aliphatic heterocycles. The summed E-state index contributed by atoms with van der Waals surface area (Å²) in [5.74, 6) is -0.822. The lowest BCUT2D eigenvalue weighted by Crippen LogP contribution is -2.23. The smallest absolute Gasteiger partial charge is 0.330 e. The van der Waals surface area contributed by atoms with Crippen LogP contribution in [0, 0.1) is 6.92 Å². The van der Waals surface area contributed by atoms with E-state index in [2.05, 4.69) is 166 Å². The fourth-order valence-corrected chi connectivity index (χ4v) is 10.8. The summed E-state index contributed by atoms with van der Waals surface area (Å²) in [4.78, 5) is 23.8. The Morgan fingerprint density at radius 1 is 0.508 bits per heavy atom. The van der Waals surface area contributed by atoms with Gasteiger partial charge in [-0.05, 0) is 152 Å². The maximum absolute atomic E-state index is 12.2. The van der Waals surface area contributed by atoms with Gasteiger partial charge in [0.15, 0.2) is 0 Å². The molecule has 4 heteroatoms. The predicted molar refractivity (Wildman–Crippen MR) is 261 cm³/mol. The molecule has 0 bridgehead atoms. The highest BCUT2D eigenvalue weighted by Crippen LogP contribution is 2.55. The Morgan fingerprint density at radius 2 is 0.952 bits per heavy atom. The summed E-state index contributed by atoms with van der Waals surface area (Å²) in [6.07, 6.45) is 6.52. The van der Waals surface area contributed by atoms with Crippen LogP contribution in [0.25, 0.3) is 98.0 Å². The van der Waals surface area contributed by atoms with Gasteiger partial charge in [-0.1, -0.05) is 141 Å². The van der Waals surface area contributed by atoms with Gasteiger partial charge < -0.3 is 9.47 Å². The van der Waals surface area contributed by atoms with E-state index in [-0.39, 0.29) is 6.61 Å². The number of allylic oxidation sites excluding steroid dienone is 1. The maximum atomic E-state index is 12.2. The number of carbonyl (C=O) groups excluding carboxylic acids is 2. The van der Waals surface area contributed by atoms with Crippen molar-refractivity contribution in [1.29, 1.82) is 0 Å². The quantitative estimate of drug-likeness (QED) is 0.0405. The third-order valence-electron chi connectivity index (χ3n) is 13.6. The van der Waals surface area contributed by atoms with Gasteiger partial charge in [-0.15, -0.1) is 6.58 Å². The van der Waals surface area contributed by atoms with Crippen molar-refractivity contribution in [3.63, 3.8) is 0 Å². The Bertz CT molecular complexity index is 3520. The molecule has 0 saturated carbocycles. The van der Waals surface area contributed by atoms with Gasteiger partial charge in [-0.25, -0.2) is 9.59 Å². The normalized spacial score (nSPS) is 14.5. The number of fused-ring (bicyclic) bond motifs is 3. The van der Waals surface area contributed by atoms with Crippen molar-refractivity contribution in [2.45, 2.75) is 31.6 Å². The van der Waals surface area contributed by atoms with Crippen molar-refractivity contribution in [2.75, 3.05) is 13.2 Å². The molecular weight excluding hydrogens is 773 g/mol. The summed E-state index contributed by atoms with van der Waals surface area (Å²) in [6, 6.07) is 49.8. The van der Waals surface area contributed by atoms with Gasteiger partial charge in [0.2, 0.25) is 0 Å². The number of esters is 2. The minimum absolute atomic E-state index is 0.287. The minimum Gasteiger partial charge on any atom is -0.463 e. The van der Waals surface area contributed by atoms with Crippen LogP contribution in [0.1, 0.15) is 35.1 Å². The van der Waals surface area contributed by atoms with Crippen molar-refractivity contribution < 1.29 is 19.1 Å². The van der Waals surface area contributed by atoms with Crippen LogP contribution in [-0.4, -0.2) is 25.2 Å². The molecular formula is C59H44O4. The van der Waals surface area contributed by atoms with Crippen LogP contribution in [0.3, 0.4) is 0 Å². The first-order valence-corrected chi connectivity index (χ1v) is 21.7. The van der Waals surface area contributed by atoms with Crippen LogP contribution < -0.4 is 0 Å². The van der Waals surface area contributed by atoms with Crippen LogP contribution in [-0.2, 0) is 30.9 Å². The van der Waals surface area contributed by atoms with Crippen LogP contribution in [0.15, 0.2) is 171 Å². The molecule has 0 amide bonds. The number of ether oxygens (including phenoxy) is 2. The molecule has 63 heavy (non-hydrogen) atoms. The molecule has 1 atom stereocenters. The monoisotopic (exact) mass is 816 g/mol. The topological polar surface area (TPSA) is 52.6 Å². The standard InChI is InChI=1S/C59H44O4/c1-5-53(60)62-27-8-26-59(7-3)51-33-39(45-19-13-37-9-11-41-29-35(4)30-42-17-23-49(45)57(37)55(41)42)15-21-47(51)48-22-16-40(34-52(48)59)46-20-14-38-10-12-43-31-36(25-28-63-54(61)6-2)32-44-18-24-50(46)58(38)56(43)44/h5-7,9-24,29-34H,1-3,8,25-28H2,4H3. The number of hydrogen-bond donors (Lipinski definition) is 0. The number of carbonyl (C=O) groups is 2. The molecule has 1 aliphatic rings. The van der Waals surface area contributed by atoms with E-state index in [4.69, 9.17) is 9.47 Å². The summed E-state index contributed by atoms with van der Waals surface area (Å²) in [5, 5.41) is 14.8. The first kappa shape index (κ1) is 38.4. The van der Waals surface area contributed by atoms with E-state index in [1.165, 1.54) is 105 Å². The third-order valence-corrected chi connectivity index (χ3v) is 13.6. The van der Waals surface area contributed by atoms with Gasteiger partial charge in [-0.3, -0.25) is 0 Å². The highest BCUT2D eigenvalue weighted by atomic mass is 16.5. The molecule has 304 valence electrons. The zero-order valence-corrected chi connectivity index (χ0v) is 35.2. The van der Waals surface area contributed by atoms with Crippen molar-refractivity contribution in [3.8, 4) is 33.4 Å². The fourth-order valence-electron chi connectivity index (χ4n) is 10.8. The van der Waals surface area contributed by atoms with Crippen LogP contribution in [0.4, 0.5) is 0 Å². The van der Waals surface area contributed by atoms with E-state index in [1.54, 1.807) is 0 Å². The van der Waals surface area contributed by atoms with Gasteiger partial charge in [0.1, 0.15) is 0 Å². The molecule has 0 radical (unpaired) electrons. The Kier molecular flexibility index (Phi) is 9.02. The Balaban J connectivity index is 1.04. The summed E-state index contributed by atoms with van der Waals surface area (Å²) in [7, 11) is 0. The third kappa shape index (κ3) is 6.04. The van der Waals surface area contributed by atoms with Crippen molar-refractivity contribution in [2.24, 2.45) is 0 Å². The van der Waals surface area contributed by atoms with Crippen LogP contribution in [0.2, 0.25) is 0 Å². The zero-order valence-electron chi connectivity index (χ0n) is 35.2. The molecule has 0 heterocycles. The second-order valence-corrected chi connectivity index (χ2v) is 17.1. The molecule has 11 rings (SSSR count). The number of aryl methyl sites for hydroxylation is 1. The van der Waals surface area contributed by atoms with E-state index in [0.29, 0.717) is 25.9 Å². The summed E-state index contributed by atoms with van der Waals surface area (Å²) in [6.45, 7) is 14.4. The zero-order chi connectivity index (χ0) is 43.0. The number of benzene rings is 10. The van der Waals surface area contributed by atoms with Crippen LogP contribution in [0.5, 0.6) is 0 Å². The lowest BCUT2D eigenvalue weighted by molar-refractivity contribution is -0.138. The second-order valence-electron chi connectivity index (χ2n) is 17.1. The highest BCUT2D eigenvalue weighted by molar-refractivity contribution is 6.27. The lowest BCUT2D eigenvalue weighted by Gasteiger charge is -2.29. The van der Waals surface area contributed by atoms with Gasteiger partial charge in [0, 0.05) is 24.0 Å². The molecule has 1 unspecified atom stereocenters. The second kappa shape index (κ2) is 14.8. The Morgan fingerprint density at radius 3 is 1.46 bits per heavy atom. The highest BCUT2D eigenvalue weighted by Gasteiger charge is 2.41. The van der Waals surface area contributed by atoms with E-state index in [1.807, 2.05) is 0 Å². The van der Waals surface area contributed by atoms with Gasteiger partial charge in [0.05, 0.1) is 13.2 Å². The molecule has 4 nitrogen and oxygen atoms in total. The van der Waals surface area contributed by atoms with Gasteiger partial charge in [0.25, 0.3) is 0 Å². The molecule has 1 aliphatic carbocycles.